The highest BCUT2D eigenvalue weighted by atomic mass is 19.4. The van der Waals surface area contributed by atoms with E-state index in [1.54, 1.807) is 28.9 Å². The molecule has 6 nitrogen and oxygen atoms in total. The maximum atomic E-state index is 12.7. The van der Waals surface area contributed by atoms with E-state index in [-0.39, 0.29) is 5.56 Å². The SMILES string of the molecule is COc1ccc2nc(-c3ccc(C)c(NC(=O)c4ccc(C(F)(F)F)cc4)c3)cn2n1. The fourth-order valence-electron chi connectivity index (χ4n) is 3.03. The molecule has 1 amide bonds. The Balaban J connectivity index is 1.60. The minimum absolute atomic E-state index is 0.127. The molecule has 158 valence electrons. The van der Waals surface area contributed by atoms with Gasteiger partial charge in [0.15, 0.2) is 5.65 Å². The lowest BCUT2D eigenvalue weighted by molar-refractivity contribution is -0.137. The van der Waals surface area contributed by atoms with Gasteiger partial charge in [-0.05, 0) is 48.9 Å². The molecule has 0 atom stereocenters. The fraction of sp³-hybridized carbons (Fsp3) is 0.136. The number of fused-ring (bicyclic) bond motifs is 1. The van der Waals surface area contributed by atoms with Crippen LogP contribution in [0.5, 0.6) is 5.88 Å². The van der Waals surface area contributed by atoms with Crippen molar-refractivity contribution in [1.82, 2.24) is 14.6 Å². The zero-order valence-electron chi connectivity index (χ0n) is 16.6. The van der Waals surface area contributed by atoms with Crippen LogP contribution in [0, 0.1) is 6.92 Å². The molecule has 1 N–H and O–H groups in total. The number of aryl methyl sites for hydroxylation is 1. The Morgan fingerprint density at radius 1 is 1.06 bits per heavy atom. The molecule has 0 aliphatic carbocycles. The second-order valence-electron chi connectivity index (χ2n) is 6.86. The van der Waals surface area contributed by atoms with Crippen molar-refractivity contribution >= 4 is 17.2 Å². The molecule has 9 heteroatoms. The molecule has 0 spiro atoms. The monoisotopic (exact) mass is 426 g/mol. The molecule has 0 saturated carbocycles. The Kier molecular flexibility index (Phi) is 5.10. The summed E-state index contributed by atoms with van der Waals surface area (Å²) in [6, 6.07) is 13.0. The van der Waals surface area contributed by atoms with E-state index in [0.29, 0.717) is 22.9 Å². The molecular formula is C22H17F3N4O2. The van der Waals surface area contributed by atoms with E-state index < -0.39 is 17.6 Å². The fourth-order valence-corrected chi connectivity index (χ4v) is 3.03. The molecule has 2 aromatic carbocycles. The molecule has 2 aromatic heterocycles. The first-order valence-corrected chi connectivity index (χ1v) is 9.24. The van der Waals surface area contributed by atoms with Gasteiger partial charge in [0.2, 0.25) is 5.88 Å². The predicted molar refractivity (Wildman–Crippen MR) is 109 cm³/mol. The van der Waals surface area contributed by atoms with Gasteiger partial charge in [0.1, 0.15) is 0 Å². The second-order valence-corrected chi connectivity index (χ2v) is 6.86. The molecule has 0 saturated heterocycles. The zero-order valence-corrected chi connectivity index (χ0v) is 16.6. The average molecular weight is 426 g/mol. The predicted octanol–water partition coefficient (Wildman–Crippen LogP) is 4.98. The first-order valence-electron chi connectivity index (χ1n) is 9.24. The summed E-state index contributed by atoms with van der Waals surface area (Å²) < 4.78 is 44.9. The number of halogens is 3. The molecule has 0 radical (unpaired) electrons. The van der Waals surface area contributed by atoms with Gasteiger partial charge in [0.25, 0.3) is 5.91 Å². The van der Waals surface area contributed by atoms with Crippen molar-refractivity contribution in [1.29, 1.82) is 0 Å². The smallest absolute Gasteiger partial charge is 0.416 e. The van der Waals surface area contributed by atoms with E-state index >= 15 is 0 Å². The van der Waals surface area contributed by atoms with Crippen LogP contribution >= 0.6 is 0 Å². The number of imidazole rings is 1. The zero-order chi connectivity index (χ0) is 22.2. The van der Waals surface area contributed by atoms with Gasteiger partial charge in [0.05, 0.1) is 24.6 Å². The average Bonchev–Trinajstić information content (AvgIpc) is 3.18. The van der Waals surface area contributed by atoms with Gasteiger partial charge in [-0.3, -0.25) is 4.79 Å². The lowest BCUT2D eigenvalue weighted by atomic mass is 10.1. The number of rotatable bonds is 4. The summed E-state index contributed by atoms with van der Waals surface area (Å²) in [5.74, 6) is -0.0553. The van der Waals surface area contributed by atoms with Crippen molar-refractivity contribution < 1.29 is 22.7 Å². The van der Waals surface area contributed by atoms with Crippen molar-refractivity contribution in [3.05, 3.63) is 77.5 Å². The van der Waals surface area contributed by atoms with Crippen LogP contribution in [-0.4, -0.2) is 27.6 Å². The number of hydrogen-bond donors (Lipinski definition) is 1. The number of ether oxygens (including phenoxy) is 1. The van der Waals surface area contributed by atoms with Gasteiger partial charge >= 0.3 is 6.18 Å². The Labute approximate surface area is 175 Å². The van der Waals surface area contributed by atoms with Crippen LogP contribution in [0.4, 0.5) is 18.9 Å². The summed E-state index contributed by atoms with van der Waals surface area (Å²) in [4.78, 5) is 17.1. The van der Waals surface area contributed by atoms with Crippen molar-refractivity contribution in [3.8, 4) is 17.1 Å². The molecule has 2 heterocycles. The van der Waals surface area contributed by atoms with E-state index in [9.17, 15) is 18.0 Å². The van der Waals surface area contributed by atoms with Gasteiger partial charge in [-0.2, -0.15) is 13.2 Å². The summed E-state index contributed by atoms with van der Waals surface area (Å²) in [5.41, 5.74) is 2.67. The topological polar surface area (TPSA) is 68.5 Å². The summed E-state index contributed by atoms with van der Waals surface area (Å²) in [5, 5.41) is 7.03. The van der Waals surface area contributed by atoms with Crippen LogP contribution in [-0.2, 0) is 6.18 Å². The molecule has 0 unspecified atom stereocenters. The van der Waals surface area contributed by atoms with Gasteiger partial charge in [-0.25, -0.2) is 9.50 Å². The summed E-state index contributed by atoms with van der Waals surface area (Å²) in [7, 11) is 1.53. The first kappa shape index (κ1) is 20.4. The molecule has 0 fully saturated rings. The minimum Gasteiger partial charge on any atom is -0.480 e. The number of nitrogens with one attached hydrogen (secondary N) is 1. The van der Waals surface area contributed by atoms with Gasteiger partial charge in [-0.15, -0.1) is 5.10 Å². The summed E-state index contributed by atoms with van der Waals surface area (Å²) >= 11 is 0. The third-order valence-electron chi connectivity index (χ3n) is 4.76. The van der Waals surface area contributed by atoms with Crippen LogP contribution in [0.1, 0.15) is 21.5 Å². The van der Waals surface area contributed by atoms with Crippen LogP contribution in [0.2, 0.25) is 0 Å². The maximum Gasteiger partial charge on any atom is 0.416 e. The highest BCUT2D eigenvalue weighted by Gasteiger charge is 2.30. The number of amides is 1. The van der Waals surface area contributed by atoms with E-state index in [0.717, 1.165) is 35.4 Å². The molecule has 0 aliphatic heterocycles. The van der Waals surface area contributed by atoms with Gasteiger partial charge in [-0.1, -0.05) is 12.1 Å². The van der Waals surface area contributed by atoms with Crippen molar-refractivity contribution in [2.75, 3.05) is 12.4 Å². The van der Waals surface area contributed by atoms with Crippen molar-refractivity contribution in [3.63, 3.8) is 0 Å². The number of methoxy groups -OCH3 is 1. The Hall–Kier alpha value is -3.88. The number of benzene rings is 2. The molecule has 0 aliphatic rings. The number of carbonyl (C=O) groups excluding carboxylic acids is 1. The standard InChI is InChI=1S/C22H17F3N4O2/c1-13-3-4-15(18-12-29-19(26-18)9-10-20(28-29)31-2)11-17(13)27-21(30)14-5-7-16(8-6-14)22(23,24)25/h3-12H,1-2H3,(H,27,30). The summed E-state index contributed by atoms with van der Waals surface area (Å²) in [6.07, 6.45) is -2.71. The second kappa shape index (κ2) is 7.75. The highest BCUT2D eigenvalue weighted by molar-refractivity contribution is 6.05. The Bertz CT molecular complexity index is 1260. The normalized spacial score (nSPS) is 11.5. The number of hydrogen-bond acceptors (Lipinski definition) is 4. The van der Waals surface area contributed by atoms with Crippen LogP contribution in [0.25, 0.3) is 16.9 Å². The number of anilines is 1. The Morgan fingerprint density at radius 3 is 2.48 bits per heavy atom. The summed E-state index contributed by atoms with van der Waals surface area (Å²) in [6.45, 7) is 1.82. The molecule has 0 bridgehead atoms. The third kappa shape index (κ3) is 4.20. The van der Waals surface area contributed by atoms with Crippen LogP contribution in [0.3, 0.4) is 0 Å². The molecular weight excluding hydrogens is 409 g/mol. The van der Waals surface area contributed by atoms with Gasteiger partial charge in [0, 0.05) is 22.9 Å². The van der Waals surface area contributed by atoms with E-state index in [1.165, 1.54) is 7.11 Å². The quantitative estimate of drug-likeness (QED) is 0.500. The van der Waals surface area contributed by atoms with E-state index in [1.807, 2.05) is 19.1 Å². The van der Waals surface area contributed by atoms with Crippen LogP contribution in [0.15, 0.2) is 60.8 Å². The highest BCUT2D eigenvalue weighted by Crippen LogP contribution is 2.30. The number of aromatic nitrogens is 3. The Morgan fingerprint density at radius 2 is 1.81 bits per heavy atom. The first-order chi connectivity index (χ1) is 14.7. The lowest BCUT2D eigenvalue weighted by Crippen LogP contribution is -2.13. The maximum absolute atomic E-state index is 12.7. The number of alkyl halides is 3. The lowest BCUT2D eigenvalue weighted by Gasteiger charge is -2.11. The number of carbonyl (C=O) groups is 1. The van der Waals surface area contributed by atoms with Gasteiger partial charge < -0.3 is 10.1 Å². The largest absolute Gasteiger partial charge is 0.480 e. The van der Waals surface area contributed by atoms with E-state index in [4.69, 9.17) is 4.74 Å². The van der Waals surface area contributed by atoms with Crippen LogP contribution < -0.4 is 10.1 Å². The number of nitrogens with zero attached hydrogens (tertiary/aromatic N) is 3. The molecule has 4 rings (SSSR count). The van der Waals surface area contributed by atoms with E-state index in [2.05, 4.69) is 15.4 Å². The molecule has 4 aromatic rings. The third-order valence-corrected chi connectivity index (χ3v) is 4.76. The molecule has 31 heavy (non-hydrogen) atoms. The minimum atomic E-state index is -4.45. The van der Waals surface area contributed by atoms with Crippen molar-refractivity contribution in [2.24, 2.45) is 0 Å². The van der Waals surface area contributed by atoms with Crippen molar-refractivity contribution in [2.45, 2.75) is 13.1 Å².